The predicted octanol–water partition coefficient (Wildman–Crippen LogP) is 2.71. The average Bonchev–Trinajstić information content (AvgIpc) is 2.80. The second-order valence-corrected chi connectivity index (χ2v) is 5.86. The van der Waals surface area contributed by atoms with Crippen molar-refractivity contribution >= 4 is 0 Å². The van der Waals surface area contributed by atoms with Crippen molar-refractivity contribution in [1.29, 1.82) is 0 Å². The molecule has 0 spiro atoms. The fraction of sp³-hybridized carbons (Fsp3) is 1.00. The summed E-state index contributed by atoms with van der Waals surface area (Å²) in [5.74, 6) is 0. The van der Waals surface area contributed by atoms with E-state index in [1.807, 2.05) is 7.11 Å². The van der Waals surface area contributed by atoms with Gasteiger partial charge in [0.1, 0.15) is 6.23 Å². The van der Waals surface area contributed by atoms with Gasteiger partial charge in [0.2, 0.25) is 0 Å². The van der Waals surface area contributed by atoms with Gasteiger partial charge in [0, 0.05) is 26.7 Å². The van der Waals surface area contributed by atoms with Crippen molar-refractivity contribution < 1.29 is 4.74 Å². The second kappa shape index (κ2) is 8.13. The Morgan fingerprint density at radius 3 is 1.78 bits per heavy atom. The van der Waals surface area contributed by atoms with Crippen molar-refractivity contribution in [2.24, 2.45) is 0 Å². The molecule has 0 bridgehead atoms. The lowest BCUT2D eigenvalue weighted by atomic mass is 10.2. The van der Waals surface area contributed by atoms with E-state index in [1.165, 1.54) is 77.5 Å². The number of hydrogen-bond acceptors (Lipinski definition) is 3. The molecule has 3 nitrogen and oxygen atoms in total. The van der Waals surface area contributed by atoms with Crippen LogP contribution in [-0.4, -0.2) is 55.9 Å². The predicted molar refractivity (Wildman–Crippen MR) is 75.7 cm³/mol. The van der Waals surface area contributed by atoms with E-state index in [1.54, 1.807) is 0 Å². The van der Waals surface area contributed by atoms with E-state index in [9.17, 15) is 0 Å². The number of likely N-dealkylation sites (tertiary alicyclic amines) is 2. The molecule has 0 radical (unpaired) electrons. The molecular formula is C15H30N2O. The first kappa shape index (κ1) is 14.3. The molecule has 2 fully saturated rings. The molecule has 3 heteroatoms. The standard InChI is InChI=1S/C15H30N2O/c1-18-15(17-12-8-4-5-9-13-17)14-16-10-6-2-3-7-11-16/h15H,2-14H2,1H3. The monoisotopic (exact) mass is 254 g/mol. The summed E-state index contributed by atoms with van der Waals surface area (Å²) in [5, 5.41) is 0. The van der Waals surface area contributed by atoms with Crippen molar-refractivity contribution in [3.63, 3.8) is 0 Å². The van der Waals surface area contributed by atoms with Crippen molar-refractivity contribution in [2.45, 2.75) is 57.6 Å². The van der Waals surface area contributed by atoms with Crippen LogP contribution < -0.4 is 0 Å². The molecule has 2 rings (SSSR count). The van der Waals surface area contributed by atoms with E-state index in [2.05, 4.69) is 9.80 Å². The van der Waals surface area contributed by atoms with Crippen LogP contribution in [0, 0.1) is 0 Å². The van der Waals surface area contributed by atoms with Gasteiger partial charge in [-0.05, 0) is 38.8 Å². The van der Waals surface area contributed by atoms with E-state index >= 15 is 0 Å². The number of ether oxygens (including phenoxy) is 1. The fourth-order valence-corrected chi connectivity index (χ4v) is 3.26. The van der Waals surface area contributed by atoms with Gasteiger partial charge >= 0.3 is 0 Å². The molecule has 0 aromatic heterocycles. The van der Waals surface area contributed by atoms with Crippen LogP contribution in [0.5, 0.6) is 0 Å². The molecule has 2 aliphatic heterocycles. The maximum atomic E-state index is 5.77. The topological polar surface area (TPSA) is 15.7 Å². The Morgan fingerprint density at radius 2 is 1.28 bits per heavy atom. The summed E-state index contributed by atoms with van der Waals surface area (Å²) in [6.07, 6.45) is 11.4. The van der Waals surface area contributed by atoms with Crippen LogP contribution in [0.4, 0.5) is 0 Å². The van der Waals surface area contributed by atoms with Gasteiger partial charge in [0.15, 0.2) is 0 Å². The summed E-state index contributed by atoms with van der Waals surface area (Å²) in [6, 6.07) is 0. The lowest BCUT2D eigenvalue weighted by Crippen LogP contribution is -2.45. The summed E-state index contributed by atoms with van der Waals surface area (Å²) in [6.45, 7) is 6.11. The third kappa shape index (κ3) is 4.52. The Morgan fingerprint density at radius 1 is 0.778 bits per heavy atom. The zero-order chi connectivity index (χ0) is 12.6. The van der Waals surface area contributed by atoms with Crippen LogP contribution in [0.3, 0.4) is 0 Å². The van der Waals surface area contributed by atoms with Gasteiger partial charge in [-0.3, -0.25) is 9.80 Å². The van der Waals surface area contributed by atoms with Crippen LogP contribution in [0.2, 0.25) is 0 Å². The smallest absolute Gasteiger partial charge is 0.123 e. The van der Waals surface area contributed by atoms with Gasteiger partial charge in [-0.1, -0.05) is 25.7 Å². The Labute approximate surface area is 112 Å². The quantitative estimate of drug-likeness (QED) is 0.767. The molecular weight excluding hydrogens is 224 g/mol. The van der Waals surface area contributed by atoms with Crippen LogP contribution in [0.15, 0.2) is 0 Å². The first-order valence-corrected chi connectivity index (χ1v) is 7.89. The SMILES string of the molecule is COC(CN1CCCCCC1)N1CCCCCC1. The summed E-state index contributed by atoms with van der Waals surface area (Å²) >= 11 is 0. The molecule has 2 heterocycles. The first-order valence-electron chi connectivity index (χ1n) is 7.89. The van der Waals surface area contributed by atoms with Crippen LogP contribution in [0.25, 0.3) is 0 Å². The van der Waals surface area contributed by atoms with Crippen molar-refractivity contribution in [2.75, 3.05) is 39.8 Å². The molecule has 0 saturated carbocycles. The number of rotatable bonds is 4. The minimum absolute atomic E-state index is 0.321. The van der Waals surface area contributed by atoms with E-state index in [0.717, 1.165) is 6.54 Å². The Hall–Kier alpha value is -0.120. The van der Waals surface area contributed by atoms with Crippen LogP contribution >= 0.6 is 0 Å². The van der Waals surface area contributed by atoms with Gasteiger partial charge in [0.05, 0.1) is 0 Å². The van der Waals surface area contributed by atoms with Crippen molar-refractivity contribution in [3.8, 4) is 0 Å². The van der Waals surface area contributed by atoms with E-state index in [4.69, 9.17) is 4.74 Å². The fourth-order valence-electron chi connectivity index (χ4n) is 3.26. The number of nitrogens with zero attached hydrogens (tertiary/aromatic N) is 2. The maximum absolute atomic E-state index is 5.77. The highest BCUT2D eigenvalue weighted by Crippen LogP contribution is 2.16. The van der Waals surface area contributed by atoms with Gasteiger partial charge < -0.3 is 4.74 Å². The molecule has 0 N–H and O–H groups in total. The van der Waals surface area contributed by atoms with Crippen molar-refractivity contribution in [3.05, 3.63) is 0 Å². The van der Waals surface area contributed by atoms with Gasteiger partial charge in [-0.2, -0.15) is 0 Å². The number of hydrogen-bond donors (Lipinski definition) is 0. The Kier molecular flexibility index (Phi) is 6.46. The second-order valence-electron chi connectivity index (χ2n) is 5.86. The third-order valence-electron chi connectivity index (χ3n) is 4.43. The molecule has 18 heavy (non-hydrogen) atoms. The highest BCUT2D eigenvalue weighted by atomic mass is 16.5. The summed E-state index contributed by atoms with van der Waals surface area (Å²) in [7, 11) is 1.88. The largest absolute Gasteiger partial charge is 0.365 e. The van der Waals surface area contributed by atoms with E-state index in [-0.39, 0.29) is 0 Å². The minimum Gasteiger partial charge on any atom is -0.365 e. The molecule has 1 unspecified atom stereocenters. The highest BCUT2D eigenvalue weighted by Gasteiger charge is 2.22. The normalized spacial score (nSPS) is 26.5. The molecule has 0 amide bonds. The molecule has 2 aliphatic rings. The summed E-state index contributed by atoms with van der Waals surface area (Å²) in [4.78, 5) is 5.18. The molecule has 0 aromatic carbocycles. The summed E-state index contributed by atoms with van der Waals surface area (Å²) in [5.41, 5.74) is 0. The average molecular weight is 254 g/mol. The zero-order valence-corrected chi connectivity index (χ0v) is 12.1. The molecule has 0 aliphatic carbocycles. The third-order valence-corrected chi connectivity index (χ3v) is 4.43. The minimum atomic E-state index is 0.321. The lowest BCUT2D eigenvalue weighted by Gasteiger charge is -2.33. The molecule has 2 saturated heterocycles. The zero-order valence-electron chi connectivity index (χ0n) is 12.1. The van der Waals surface area contributed by atoms with Crippen molar-refractivity contribution in [1.82, 2.24) is 9.80 Å². The van der Waals surface area contributed by atoms with Gasteiger partial charge in [-0.15, -0.1) is 0 Å². The van der Waals surface area contributed by atoms with Gasteiger partial charge in [-0.25, -0.2) is 0 Å². The summed E-state index contributed by atoms with van der Waals surface area (Å²) < 4.78 is 5.77. The first-order chi connectivity index (χ1) is 8.90. The Balaban J connectivity index is 1.82. The van der Waals surface area contributed by atoms with E-state index < -0.39 is 0 Å². The number of methoxy groups -OCH3 is 1. The highest BCUT2D eigenvalue weighted by molar-refractivity contribution is 4.72. The molecule has 0 aromatic rings. The van der Waals surface area contributed by atoms with Crippen LogP contribution in [0.1, 0.15) is 51.4 Å². The van der Waals surface area contributed by atoms with E-state index in [0.29, 0.717) is 6.23 Å². The Bertz CT molecular complexity index is 207. The van der Waals surface area contributed by atoms with Gasteiger partial charge in [0.25, 0.3) is 0 Å². The molecule has 106 valence electrons. The lowest BCUT2D eigenvalue weighted by molar-refractivity contribution is -0.0501. The maximum Gasteiger partial charge on any atom is 0.123 e. The molecule has 1 atom stereocenters. The van der Waals surface area contributed by atoms with Crippen LogP contribution in [-0.2, 0) is 4.74 Å².